The molecule has 1 amide bonds. The molecule has 3 heteroatoms. The Bertz CT molecular complexity index is 189. The molecule has 1 aliphatic heterocycles. The van der Waals surface area contributed by atoms with Gasteiger partial charge in [0.15, 0.2) is 0 Å². The van der Waals surface area contributed by atoms with Crippen molar-refractivity contribution in [2.45, 2.75) is 38.1 Å². The van der Waals surface area contributed by atoms with Gasteiger partial charge in [0.25, 0.3) is 0 Å². The first-order valence-electron chi connectivity index (χ1n) is 5.37. The van der Waals surface area contributed by atoms with Crippen LogP contribution in [0.2, 0.25) is 0 Å². The zero-order valence-electron chi connectivity index (χ0n) is 8.09. The number of carbonyl (C=O) groups excluding carboxylic acids is 1. The molecule has 1 heterocycles. The Labute approximate surface area is 79.5 Å². The maximum Gasteiger partial charge on any atom is 0.221 e. The predicted octanol–water partition coefficient (Wildman–Crippen LogP) is 0.751. The number of nitrogens with zero attached hydrogens (tertiary/aromatic N) is 1. The second kappa shape index (κ2) is 4.09. The number of rotatable bonds is 1. The number of amides is 1. The molecule has 3 nitrogen and oxygen atoms in total. The summed E-state index contributed by atoms with van der Waals surface area (Å²) in [7, 11) is 0. The molecule has 1 saturated carbocycles. The van der Waals surface area contributed by atoms with Gasteiger partial charge in [0.2, 0.25) is 5.91 Å². The Morgan fingerprint density at radius 3 is 2.77 bits per heavy atom. The van der Waals surface area contributed by atoms with Gasteiger partial charge in [-0.3, -0.25) is 9.69 Å². The molecular weight excluding hydrogens is 164 g/mol. The Morgan fingerprint density at radius 1 is 1.23 bits per heavy atom. The lowest BCUT2D eigenvalue weighted by molar-refractivity contribution is -0.122. The standard InChI is InChI=1S/C10H18N2O/c13-10-5-8-12(7-2-6-11-10)9-3-1-4-9/h9H,1-8H2,(H,11,13). The van der Waals surface area contributed by atoms with Crippen molar-refractivity contribution in [3.05, 3.63) is 0 Å². The average Bonchev–Trinajstić information content (AvgIpc) is 2.00. The van der Waals surface area contributed by atoms with E-state index in [0.717, 1.165) is 25.6 Å². The molecule has 0 aromatic rings. The largest absolute Gasteiger partial charge is 0.356 e. The monoisotopic (exact) mass is 182 g/mol. The van der Waals surface area contributed by atoms with Crippen LogP contribution >= 0.6 is 0 Å². The van der Waals surface area contributed by atoms with Crippen molar-refractivity contribution in [3.63, 3.8) is 0 Å². The van der Waals surface area contributed by atoms with Crippen LogP contribution < -0.4 is 5.32 Å². The van der Waals surface area contributed by atoms with Crippen LogP contribution in [0.4, 0.5) is 0 Å². The predicted molar refractivity (Wildman–Crippen MR) is 51.5 cm³/mol. The van der Waals surface area contributed by atoms with Gasteiger partial charge in [0.05, 0.1) is 0 Å². The highest BCUT2D eigenvalue weighted by atomic mass is 16.1. The van der Waals surface area contributed by atoms with Crippen molar-refractivity contribution in [1.29, 1.82) is 0 Å². The van der Waals surface area contributed by atoms with Crippen LogP contribution in [0.3, 0.4) is 0 Å². The molecule has 0 unspecified atom stereocenters. The summed E-state index contributed by atoms with van der Waals surface area (Å²) in [6.45, 7) is 3.00. The Morgan fingerprint density at radius 2 is 2.08 bits per heavy atom. The lowest BCUT2D eigenvalue weighted by atomic mass is 9.91. The fourth-order valence-electron chi connectivity index (χ4n) is 2.07. The Hall–Kier alpha value is -0.570. The molecular formula is C10H18N2O. The highest BCUT2D eigenvalue weighted by molar-refractivity contribution is 5.76. The van der Waals surface area contributed by atoms with Crippen LogP contribution in [0.15, 0.2) is 0 Å². The highest BCUT2D eigenvalue weighted by Gasteiger charge is 2.25. The van der Waals surface area contributed by atoms with Crippen molar-refractivity contribution in [2.75, 3.05) is 19.6 Å². The lowest BCUT2D eigenvalue weighted by Crippen LogP contribution is -2.45. The van der Waals surface area contributed by atoms with E-state index in [1.54, 1.807) is 0 Å². The van der Waals surface area contributed by atoms with Gasteiger partial charge >= 0.3 is 0 Å². The maximum atomic E-state index is 11.2. The summed E-state index contributed by atoms with van der Waals surface area (Å²) in [5.41, 5.74) is 0. The third kappa shape index (κ3) is 2.21. The number of hydrogen-bond acceptors (Lipinski definition) is 2. The third-order valence-electron chi connectivity index (χ3n) is 3.16. The average molecular weight is 182 g/mol. The molecule has 0 bridgehead atoms. The third-order valence-corrected chi connectivity index (χ3v) is 3.16. The van der Waals surface area contributed by atoms with Gasteiger partial charge in [-0.25, -0.2) is 0 Å². The Balaban J connectivity index is 1.83. The molecule has 0 radical (unpaired) electrons. The number of carbonyl (C=O) groups is 1. The summed E-state index contributed by atoms with van der Waals surface area (Å²) in [5, 5.41) is 2.91. The second-order valence-corrected chi connectivity index (χ2v) is 4.07. The van der Waals surface area contributed by atoms with E-state index in [0.29, 0.717) is 6.42 Å². The summed E-state index contributed by atoms with van der Waals surface area (Å²) < 4.78 is 0. The van der Waals surface area contributed by atoms with E-state index in [-0.39, 0.29) is 5.91 Å². The van der Waals surface area contributed by atoms with Gasteiger partial charge in [-0.2, -0.15) is 0 Å². The van der Waals surface area contributed by atoms with E-state index in [4.69, 9.17) is 0 Å². The zero-order valence-corrected chi connectivity index (χ0v) is 8.09. The van der Waals surface area contributed by atoms with E-state index >= 15 is 0 Å². The minimum atomic E-state index is 0.226. The smallest absolute Gasteiger partial charge is 0.221 e. The number of nitrogens with one attached hydrogen (secondary N) is 1. The van der Waals surface area contributed by atoms with Crippen LogP contribution in [0.1, 0.15) is 32.1 Å². The minimum Gasteiger partial charge on any atom is -0.356 e. The molecule has 2 rings (SSSR count). The maximum absolute atomic E-state index is 11.2. The zero-order chi connectivity index (χ0) is 9.10. The summed E-state index contributed by atoms with van der Waals surface area (Å²) in [4.78, 5) is 13.7. The first-order valence-corrected chi connectivity index (χ1v) is 5.37. The quantitative estimate of drug-likeness (QED) is 0.649. The molecule has 1 N–H and O–H groups in total. The molecule has 0 aromatic heterocycles. The summed E-state index contributed by atoms with van der Waals surface area (Å²) >= 11 is 0. The first-order chi connectivity index (χ1) is 6.36. The van der Waals surface area contributed by atoms with Crippen molar-refractivity contribution in [1.82, 2.24) is 10.2 Å². The molecule has 13 heavy (non-hydrogen) atoms. The van der Waals surface area contributed by atoms with E-state index < -0.39 is 0 Å². The fraction of sp³-hybridized carbons (Fsp3) is 0.900. The van der Waals surface area contributed by atoms with Crippen LogP contribution in [0.25, 0.3) is 0 Å². The molecule has 2 fully saturated rings. The Kier molecular flexibility index (Phi) is 2.83. The molecule has 0 spiro atoms. The minimum absolute atomic E-state index is 0.226. The molecule has 1 saturated heterocycles. The molecule has 2 aliphatic rings. The van der Waals surface area contributed by atoms with E-state index in [1.807, 2.05) is 0 Å². The lowest BCUT2D eigenvalue weighted by Gasteiger charge is -2.38. The molecule has 1 aliphatic carbocycles. The van der Waals surface area contributed by atoms with Crippen molar-refractivity contribution >= 4 is 5.91 Å². The van der Waals surface area contributed by atoms with Crippen molar-refractivity contribution in [2.24, 2.45) is 0 Å². The van der Waals surface area contributed by atoms with E-state index in [1.165, 1.54) is 25.8 Å². The van der Waals surface area contributed by atoms with Gasteiger partial charge in [-0.15, -0.1) is 0 Å². The SMILES string of the molecule is O=C1CCN(C2CCC2)CCCN1. The normalized spacial score (nSPS) is 27.2. The summed E-state index contributed by atoms with van der Waals surface area (Å²) in [6.07, 6.45) is 5.88. The topological polar surface area (TPSA) is 32.3 Å². The van der Waals surface area contributed by atoms with Crippen LogP contribution in [0.5, 0.6) is 0 Å². The number of hydrogen-bond donors (Lipinski definition) is 1. The highest BCUT2D eigenvalue weighted by Crippen LogP contribution is 2.25. The van der Waals surface area contributed by atoms with Crippen molar-refractivity contribution < 1.29 is 4.79 Å². The molecule has 74 valence electrons. The molecule has 0 atom stereocenters. The van der Waals surface area contributed by atoms with Gasteiger partial charge in [0.1, 0.15) is 0 Å². The van der Waals surface area contributed by atoms with Crippen molar-refractivity contribution in [3.8, 4) is 0 Å². The second-order valence-electron chi connectivity index (χ2n) is 4.07. The van der Waals surface area contributed by atoms with E-state index in [9.17, 15) is 4.79 Å². The van der Waals surface area contributed by atoms with Crippen LogP contribution in [0, 0.1) is 0 Å². The van der Waals surface area contributed by atoms with Gasteiger partial charge in [-0.05, 0) is 19.3 Å². The first kappa shape index (κ1) is 9.00. The summed E-state index contributed by atoms with van der Waals surface area (Å²) in [5.74, 6) is 0.226. The van der Waals surface area contributed by atoms with E-state index in [2.05, 4.69) is 10.2 Å². The van der Waals surface area contributed by atoms with Crippen LogP contribution in [-0.2, 0) is 4.79 Å². The van der Waals surface area contributed by atoms with Gasteiger partial charge in [0, 0.05) is 32.1 Å². The fourth-order valence-corrected chi connectivity index (χ4v) is 2.07. The van der Waals surface area contributed by atoms with Gasteiger partial charge < -0.3 is 5.32 Å². The van der Waals surface area contributed by atoms with Gasteiger partial charge in [-0.1, -0.05) is 6.42 Å². The van der Waals surface area contributed by atoms with Crippen LogP contribution in [-0.4, -0.2) is 36.5 Å². The molecule has 0 aromatic carbocycles. The summed E-state index contributed by atoms with van der Waals surface area (Å²) in [6, 6.07) is 0.797.